The minimum atomic E-state index is -0.580. The number of rotatable bonds is 6. The normalized spacial score (nSPS) is 23.8. The van der Waals surface area contributed by atoms with Crippen molar-refractivity contribution in [2.45, 2.75) is 58.3 Å². The van der Waals surface area contributed by atoms with Crippen molar-refractivity contribution < 1.29 is 28.6 Å². The van der Waals surface area contributed by atoms with Crippen LogP contribution in [0.4, 0.5) is 4.79 Å². The van der Waals surface area contributed by atoms with Gasteiger partial charge in [0.1, 0.15) is 17.0 Å². The zero-order valence-electron chi connectivity index (χ0n) is 28.0. The van der Waals surface area contributed by atoms with Gasteiger partial charge in [0.15, 0.2) is 0 Å². The molecule has 1 aromatic heterocycles. The SMILES string of the molecule is COc1ccc2cc(C(=O)N3CCN(C(=O)CN4C[C@H](C)N(C(=O)OC(C)(C)C)C[C@@H]4CN4CCOC[C@H]4C)CC3)n(C)c2c1. The van der Waals surface area contributed by atoms with Crippen molar-refractivity contribution in [2.75, 3.05) is 79.2 Å². The van der Waals surface area contributed by atoms with Crippen molar-refractivity contribution in [1.82, 2.24) is 29.1 Å². The highest BCUT2D eigenvalue weighted by molar-refractivity contribution is 5.99. The summed E-state index contributed by atoms with van der Waals surface area (Å²) >= 11 is 0. The number of ether oxygens (including phenoxy) is 3. The second-order valence-corrected chi connectivity index (χ2v) is 13.7. The van der Waals surface area contributed by atoms with Crippen LogP contribution in [-0.4, -0.2) is 150 Å². The number of aryl methyl sites for hydroxylation is 1. The van der Waals surface area contributed by atoms with Gasteiger partial charge in [0.25, 0.3) is 5.91 Å². The molecule has 3 amide bonds. The maximum absolute atomic E-state index is 13.7. The fraction of sp³-hybridized carbons (Fsp3) is 0.667. The van der Waals surface area contributed by atoms with Gasteiger partial charge in [-0.25, -0.2) is 4.79 Å². The van der Waals surface area contributed by atoms with Crippen LogP contribution >= 0.6 is 0 Å². The first kappa shape index (κ1) is 33.0. The molecule has 12 nitrogen and oxygen atoms in total. The van der Waals surface area contributed by atoms with E-state index in [4.69, 9.17) is 14.2 Å². The van der Waals surface area contributed by atoms with Crippen LogP contribution in [0.1, 0.15) is 45.1 Å². The van der Waals surface area contributed by atoms with Gasteiger partial charge in [-0.1, -0.05) is 0 Å². The van der Waals surface area contributed by atoms with E-state index in [1.807, 2.05) is 78.3 Å². The molecule has 3 aliphatic rings. The summed E-state index contributed by atoms with van der Waals surface area (Å²) in [6, 6.07) is 7.85. The molecule has 3 atom stereocenters. The molecule has 12 heteroatoms. The number of amides is 3. The van der Waals surface area contributed by atoms with Gasteiger partial charge in [-0.15, -0.1) is 0 Å². The molecule has 0 N–H and O–H groups in total. The van der Waals surface area contributed by atoms with Crippen molar-refractivity contribution in [3.05, 3.63) is 30.0 Å². The highest BCUT2D eigenvalue weighted by Gasteiger charge is 2.39. The van der Waals surface area contributed by atoms with E-state index in [2.05, 4.69) is 16.7 Å². The third-order valence-corrected chi connectivity index (χ3v) is 9.26. The van der Waals surface area contributed by atoms with E-state index in [0.717, 1.165) is 29.7 Å². The van der Waals surface area contributed by atoms with Gasteiger partial charge in [0.2, 0.25) is 5.91 Å². The van der Waals surface area contributed by atoms with Crippen LogP contribution < -0.4 is 4.74 Å². The smallest absolute Gasteiger partial charge is 0.410 e. The van der Waals surface area contributed by atoms with Crippen LogP contribution in [0.5, 0.6) is 5.75 Å². The van der Waals surface area contributed by atoms with Gasteiger partial charge in [0.05, 0.1) is 32.4 Å². The number of fused-ring (bicyclic) bond motifs is 1. The molecule has 248 valence electrons. The molecule has 5 rings (SSSR count). The first-order valence-corrected chi connectivity index (χ1v) is 16.1. The van der Waals surface area contributed by atoms with E-state index in [9.17, 15) is 14.4 Å². The van der Waals surface area contributed by atoms with E-state index in [0.29, 0.717) is 58.2 Å². The van der Waals surface area contributed by atoms with Crippen molar-refractivity contribution in [1.29, 1.82) is 0 Å². The third kappa shape index (κ3) is 7.56. The number of hydrogen-bond donors (Lipinski definition) is 0. The highest BCUT2D eigenvalue weighted by Crippen LogP contribution is 2.25. The topological polar surface area (TPSA) is 100 Å². The van der Waals surface area contributed by atoms with Crippen LogP contribution in [0, 0.1) is 0 Å². The standard InChI is InChI=1S/C33H50N6O6/c1-23-18-38(26(19-37-14-15-44-22-24(37)2)20-39(23)32(42)45-33(3,4)5)21-30(40)35-10-12-36(13-11-35)31(41)29-16-25-8-9-27(43-7)17-28(25)34(29)6/h8-9,16-17,23-24,26H,10-15,18-22H2,1-7H3/t23-,24+,26-/m0/s1. The van der Waals surface area contributed by atoms with Crippen molar-refractivity contribution in [3.8, 4) is 5.75 Å². The molecule has 0 radical (unpaired) electrons. The van der Waals surface area contributed by atoms with Crippen LogP contribution in [0.2, 0.25) is 0 Å². The Bertz CT molecular complexity index is 1380. The Kier molecular flexibility index (Phi) is 9.95. The molecule has 4 heterocycles. The number of aromatic nitrogens is 1. The maximum Gasteiger partial charge on any atom is 0.410 e. The van der Waals surface area contributed by atoms with Crippen LogP contribution in [0.25, 0.3) is 10.9 Å². The number of hydrogen-bond acceptors (Lipinski definition) is 8. The monoisotopic (exact) mass is 626 g/mol. The van der Waals surface area contributed by atoms with Gasteiger partial charge >= 0.3 is 6.09 Å². The minimum absolute atomic E-state index is 0.0221. The largest absolute Gasteiger partial charge is 0.497 e. The Morgan fingerprint density at radius 3 is 2.31 bits per heavy atom. The summed E-state index contributed by atoms with van der Waals surface area (Å²) in [6.45, 7) is 16.0. The predicted molar refractivity (Wildman–Crippen MR) is 172 cm³/mol. The van der Waals surface area contributed by atoms with E-state index < -0.39 is 5.60 Å². The number of carbonyl (C=O) groups excluding carboxylic acids is 3. The quantitative estimate of drug-likeness (QED) is 0.483. The lowest BCUT2D eigenvalue weighted by atomic mass is 10.1. The molecule has 2 aromatic rings. The van der Waals surface area contributed by atoms with Crippen molar-refractivity contribution in [2.24, 2.45) is 7.05 Å². The molecule has 1 aromatic carbocycles. The number of piperazine rings is 2. The molecule has 0 aliphatic carbocycles. The first-order valence-electron chi connectivity index (χ1n) is 16.1. The molecule has 0 saturated carbocycles. The van der Waals surface area contributed by atoms with E-state index >= 15 is 0 Å². The summed E-state index contributed by atoms with van der Waals surface area (Å²) < 4.78 is 18.7. The predicted octanol–water partition coefficient (Wildman–Crippen LogP) is 2.50. The summed E-state index contributed by atoms with van der Waals surface area (Å²) in [5.74, 6) is 0.764. The molecule has 3 aliphatic heterocycles. The fourth-order valence-corrected chi connectivity index (χ4v) is 6.59. The summed E-state index contributed by atoms with van der Waals surface area (Å²) in [6.07, 6.45) is -0.313. The van der Waals surface area contributed by atoms with Gasteiger partial charge in [0, 0.05) is 89.0 Å². The fourth-order valence-electron chi connectivity index (χ4n) is 6.59. The lowest BCUT2D eigenvalue weighted by Gasteiger charge is -2.48. The summed E-state index contributed by atoms with van der Waals surface area (Å²) in [5.41, 5.74) is 0.978. The number of nitrogens with zero attached hydrogens (tertiary/aromatic N) is 6. The first-order chi connectivity index (χ1) is 21.3. The second-order valence-electron chi connectivity index (χ2n) is 13.7. The Labute approximate surface area is 266 Å². The molecule has 45 heavy (non-hydrogen) atoms. The number of benzene rings is 1. The van der Waals surface area contributed by atoms with Gasteiger partial charge in [-0.3, -0.25) is 19.4 Å². The Balaban J connectivity index is 1.22. The molecule has 0 spiro atoms. The molecule has 3 saturated heterocycles. The zero-order chi connectivity index (χ0) is 32.5. The lowest BCUT2D eigenvalue weighted by Crippen LogP contribution is -2.64. The van der Waals surface area contributed by atoms with Crippen LogP contribution in [-0.2, 0) is 21.3 Å². The second kappa shape index (κ2) is 13.6. The summed E-state index contributed by atoms with van der Waals surface area (Å²) in [4.78, 5) is 50.5. The van der Waals surface area contributed by atoms with Crippen LogP contribution in [0.3, 0.4) is 0 Å². The molecule has 3 fully saturated rings. The average molecular weight is 627 g/mol. The van der Waals surface area contributed by atoms with Gasteiger partial charge < -0.3 is 33.5 Å². The maximum atomic E-state index is 13.7. The van der Waals surface area contributed by atoms with E-state index in [-0.39, 0.29) is 42.6 Å². The Hall–Kier alpha value is -3.35. The number of methoxy groups -OCH3 is 1. The minimum Gasteiger partial charge on any atom is -0.497 e. The highest BCUT2D eigenvalue weighted by atomic mass is 16.6. The molecule has 0 unspecified atom stereocenters. The number of carbonyl (C=O) groups is 3. The van der Waals surface area contributed by atoms with E-state index in [1.54, 1.807) is 7.11 Å². The lowest BCUT2D eigenvalue weighted by molar-refractivity contribution is -0.136. The average Bonchev–Trinajstić information content (AvgIpc) is 3.33. The molecular weight excluding hydrogens is 576 g/mol. The third-order valence-electron chi connectivity index (χ3n) is 9.26. The van der Waals surface area contributed by atoms with E-state index in [1.165, 1.54) is 0 Å². The van der Waals surface area contributed by atoms with Crippen molar-refractivity contribution in [3.63, 3.8) is 0 Å². The number of morpholine rings is 1. The van der Waals surface area contributed by atoms with Gasteiger partial charge in [-0.05, 0) is 52.8 Å². The Morgan fingerprint density at radius 1 is 0.933 bits per heavy atom. The molecule has 0 bridgehead atoms. The van der Waals surface area contributed by atoms with Crippen molar-refractivity contribution >= 4 is 28.8 Å². The summed E-state index contributed by atoms with van der Waals surface area (Å²) in [5, 5.41) is 0.984. The molecular formula is C33H50N6O6. The Morgan fingerprint density at radius 2 is 1.64 bits per heavy atom. The van der Waals surface area contributed by atoms with Gasteiger partial charge in [-0.2, -0.15) is 0 Å². The summed E-state index contributed by atoms with van der Waals surface area (Å²) in [7, 11) is 3.53. The zero-order valence-corrected chi connectivity index (χ0v) is 28.0. The van der Waals surface area contributed by atoms with Crippen LogP contribution in [0.15, 0.2) is 24.3 Å².